The number of aromatic nitrogens is 1. The molecule has 2 rings (SSSR count). The van der Waals surface area contributed by atoms with Crippen molar-refractivity contribution in [2.24, 2.45) is 0 Å². The molecular weight excluding hydrogens is 241 g/mol. The van der Waals surface area contributed by atoms with Gasteiger partial charge in [0.15, 0.2) is 5.78 Å². The van der Waals surface area contributed by atoms with Gasteiger partial charge in [-0.15, -0.1) is 0 Å². The number of carbonyl (C=O) groups is 1. The molecule has 86 valence electrons. The Bertz CT molecular complexity index is 583. The normalized spacial score (nSPS) is 10.3. The molecule has 0 saturated heterocycles. The van der Waals surface area contributed by atoms with E-state index >= 15 is 0 Å². The van der Waals surface area contributed by atoms with Crippen LogP contribution in [0.3, 0.4) is 0 Å². The smallest absolute Gasteiger partial charge is 0.196 e. The van der Waals surface area contributed by atoms with Crippen LogP contribution in [0.4, 0.5) is 4.39 Å². The fraction of sp³-hybridized carbons (Fsp3) is 0.0769. The van der Waals surface area contributed by atoms with Crippen molar-refractivity contribution in [2.75, 3.05) is 0 Å². The summed E-state index contributed by atoms with van der Waals surface area (Å²) in [4.78, 5) is 16.0. The Morgan fingerprint density at radius 3 is 2.82 bits per heavy atom. The van der Waals surface area contributed by atoms with Gasteiger partial charge in [-0.25, -0.2) is 4.39 Å². The van der Waals surface area contributed by atoms with E-state index in [1.165, 1.54) is 24.4 Å². The van der Waals surface area contributed by atoms with Crippen LogP contribution in [0.2, 0.25) is 5.02 Å². The molecule has 0 bridgehead atoms. The molecule has 1 aromatic heterocycles. The van der Waals surface area contributed by atoms with Gasteiger partial charge in [-0.3, -0.25) is 9.78 Å². The molecule has 0 N–H and O–H groups in total. The zero-order valence-corrected chi connectivity index (χ0v) is 9.83. The molecule has 0 amide bonds. The molecular formula is C13H9ClFNO. The molecule has 0 fully saturated rings. The molecule has 0 radical (unpaired) electrons. The van der Waals surface area contributed by atoms with Crippen molar-refractivity contribution in [1.82, 2.24) is 4.98 Å². The molecule has 0 aliphatic heterocycles. The van der Waals surface area contributed by atoms with E-state index in [1.807, 2.05) is 6.92 Å². The summed E-state index contributed by atoms with van der Waals surface area (Å²) in [5.41, 5.74) is 1.42. The van der Waals surface area contributed by atoms with Crippen LogP contribution >= 0.6 is 11.6 Å². The zero-order chi connectivity index (χ0) is 12.4. The maximum atomic E-state index is 13.2. The van der Waals surface area contributed by atoms with Crippen LogP contribution in [0.5, 0.6) is 0 Å². The van der Waals surface area contributed by atoms with E-state index in [9.17, 15) is 9.18 Å². The number of hydrogen-bond donors (Lipinski definition) is 0. The predicted octanol–water partition coefficient (Wildman–Crippen LogP) is 3.41. The summed E-state index contributed by atoms with van der Waals surface area (Å²) in [6, 6.07) is 5.86. The molecule has 17 heavy (non-hydrogen) atoms. The van der Waals surface area contributed by atoms with Crippen LogP contribution in [-0.2, 0) is 0 Å². The van der Waals surface area contributed by atoms with Crippen molar-refractivity contribution in [3.63, 3.8) is 0 Å². The van der Waals surface area contributed by atoms with E-state index in [4.69, 9.17) is 11.6 Å². The van der Waals surface area contributed by atoms with Crippen molar-refractivity contribution in [3.05, 3.63) is 64.2 Å². The van der Waals surface area contributed by atoms with E-state index in [2.05, 4.69) is 4.98 Å². The highest BCUT2D eigenvalue weighted by molar-refractivity contribution is 6.35. The first-order valence-corrected chi connectivity index (χ1v) is 5.38. The number of pyridine rings is 1. The summed E-state index contributed by atoms with van der Waals surface area (Å²) in [6.07, 6.45) is 3.08. The number of hydrogen-bond acceptors (Lipinski definition) is 2. The Labute approximate surface area is 103 Å². The third-order valence-electron chi connectivity index (χ3n) is 2.33. The fourth-order valence-electron chi connectivity index (χ4n) is 1.51. The van der Waals surface area contributed by atoms with Gasteiger partial charge in [-0.1, -0.05) is 17.7 Å². The van der Waals surface area contributed by atoms with Gasteiger partial charge in [0.1, 0.15) is 5.82 Å². The quantitative estimate of drug-likeness (QED) is 0.764. The SMILES string of the molecule is Cc1cncc(C(=O)c2cccc(F)c2Cl)c1. The number of rotatable bonds is 2. The zero-order valence-electron chi connectivity index (χ0n) is 9.08. The maximum Gasteiger partial charge on any atom is 0.196 e. The van der Waals surface area contributed by atoms with Crippen LogP contribution < -0.4 is 0 Å². The van der Waals surface area contributed by atoms with E-state index < -0.39 is 5.82 Å². The lowest BCUT2D eigenvalue weighted by Gasteiger charge is -2.04. The first kappa shape index (κ1) is 11.7. The topological polar surface area (TPSA) is 30.0 Å². The first-order valence-electron chi connectivity index (χ1n) is 5.00. The number of benzene rings is 1. The second kappa shape index (κ2) is 4.63. The lowest BCUT2D eigenvalue weighted by atomic mass is 10.0. The predicted molar refractivity (Wildman–Crippen MR) is 63.8 cm³/mol. The van der Waals surface area contributed by atoms with Gasteiger partial charge >= 0.3 is 0 Å². The van der Waals surface area contributed by atoms with Crippen LogP contribution in [0.25, 0.3) is 0 Å². The second-order valence-corrected chi connectivity index (χ2v) is 4.06. The summed E-state index contributed by atoms with van der Waals surface area (Å²) in [6.45, 7) is 1.83. The highest BCUT2D eigenvalue weighted by Crippen LogP contribution is 2.22. The minimum absolute atomic E-state index is 0.152. The van der Waals surface area contributed by atoms with Gasteiger partial charge in [0.2, 0.25) is 0 Å². The van der Waals surface area contributed by atoms with Crippen LogP contribution in [0.1, 0.15) is 21.5 Å². The average Bonchev–Trinajstić information content (AvgIpc) is 2.32. The summed E-state index contributed by atoms with van der Waals surface area (Å²) in [5.74, 6) is -0.927. The Hall–Kier alpha value is -1.74. The molecule has 2 aromatic rings. The maximum absolute atomic E-state index is 13.2. The molecule has 0 aliphatic rings. The van der Waals surface area contributed by atoms with Crippen molar-refractivity contribution in [1.29, 1.82) is 0 Å². The summed E-state index contributed by atoms with van der Waals surface area (Å²) in [5, 5.41) is -0.154. The number of nitrogens with zero attached hydrogens (tertiary/aromatic N) is 1. The van der Waals surface area contributed by atoms with Crippen molar-refractivity contribution < 1.29 is 9.18 Å². The number of carbonyl (C=O) groups excluding carboxylic acids is 1. The second-order valence-electron chi connectivity index (χ2n) is 3.68. The molecule has 0 saturated carbocycles. The largest absolute Gasteiger partial charge is 0.288 e. The molecule has 1 heterocycles. The lowest BCUT2D eigenvalue weighted by Crippen LogP contribution is -2.04. The van der Waals surface area contributed by atoms with Gasteiger partial charge in [0, 0.05) is 23.5 Å². The molecule has 0 spiro atoms. The fourth-order valence-corrected chi connectivity index (χ4v) is 1.73. The minimum Gasteiger partial charge on any atom is -0.288 e. The molecule has 0 aliphatic carbocycles. The Kier molecular flexibility index (Phi) is 3.20. The number of ketones is 1. The van der Waals surface area contributed by atoms with E-state index in [0.29, 0.717) is 5.56 Å². The van der Waals surface area contributed by atoms with Crippen molar-refractivity contribution in [2.45, 2.75) is 6.92 Å². The van der Waals surface area contributed by atoms with E-state index in [1.54, 1.807) is 12.3 Å². The van der Waals surface area contributed by atoms with Crippen LogP contribution in [0.15, 0.2) is 36.7 Å². The monoisotopic (exact) mass is 249 g/mol. The third-order valence-corrected chi connectivity index (χ3v) is 2.72. The summed E-state index contributed by atoms with van der Waals surface area (Å²) < 4.78 is 13.2. The molecule has 1 aromatic carbocycles. The van der Waals surface area contributed by atoms with Crippen LogP contribution in [-0.4, -0.2) is 10.8 Å². The standard InChI is InChI=1S/C13H9ClFNO/c1-8-5-9(7-16-6-8)13(17)10-3-2-4-11(15)12(10)14/h2-7H,1H3. The van der Waals surface area contributed by atoms with Gasteiger partial charge in [-0.2, -0.15) is 0 Å². The average molecular weight is 250 g/mol. The molecule has 4 heteroatoms. The first-order chi connectivity index (χ1) is 8.09. The van der Waals surface area contributed by atoms with Crippen molar-refractivity contribution in [3.8, 4) is 0 Å². The number of aryl methyl sites for hydroxylation is 1. The van der Waals surface area contributed by atoms with Gasteiger partial charge < -0.3 is 0 Å². The van der Waals surface area contributed by atoms with Crippen molar-refractivity contribution >= 4 is 17.4 Å². The van der Waals surface area contributed by atoms with Gasteiger partial charge in [0.05, 0.1) is 5.02 Å². The molecule has 2 nitrogen and oxygen atoms in total. The lowest BCUT2D eigenvalue weighted by molar-refractivity contribution is 0.103. The van der Waals surface area contributed by atoms with E-state index in [0.717, 1.165) is 5.56 Å². The summed E-state index contributed by atoms with van der Waals surface area (Å²) in [7, 11) is 0. The van der Waals surface area contributed by atoms with E-state index in [-0.39, 0.29) is 16.4 Å². The van der Waals surface area contributed by atoms with Gasteiger partial charge in [-0.05, 0) is 30.7 Å². The summed E-state index contributed by atoms with van der Waals surface area (Å²) >= 11 is 5.76. The highest BCUT2D eigenvalue weighted by atomic mass is 35.5. The third kappa shape index (κ3) is 2.34. The minimum atomic E-state index is -0.599. The highest BCUT2D eigenvalue weighted by Gasteiger charge is 2.15. The Morgan fingerprint density at radius 1 is 1.35 bits per heavy atom. The molecule has 0 atom stereocenters. The van der Waals surface area contributed by atoms with Gasteiger partial charge in [0.25, 0.3) is 0 Å². The number of halogens is 2. The Morgan fingerprint density at radius 2 is 2.12 bits per heavy atom. The molecule has 0 unspecified atom stereocenters. The van der Waals surface area contributed by atoms with Crippen LogP contribution in [0, 0.1) is 12.7 Å². The Balaban J connectivity index is 2.48.